The van der Waals surface area contributed by atoms with Crippen molar-refractivity contribution in [2.45, 2.75) is 45.0 Å². The summed E-state index contributed by atoms with van der Waals surface area (Å²) in [5.41, 5.74) is 0.722. The maximum atomic E-state index is 13.0. The molecule has 3 rings (SSSR count). The lowest BCUT2D eigenvalue weighted by molar-refractivity contribution is -0.384. The Morgan fingerprint density at radius 2 is 1.92 bits per heavy atom. The van der Waals surface area contributed by atoms with Gasteiger partial charge in [0.05, 0.1) is 4.92 Å². The normalized spacial score (nSPS) is 23.7. The van der Waals surface area contributed by atoms with Gasteiger partial charge in [0.15, 0.2) is 6.23 Å². The average molecular weight is 362 g/mol. The van der Waals surface area contributed by atoms with Crippen LogP contribution in [0.25, 0.3) is 0 Å². The number of hydrogen-bond donors (Lipinski definition) is 0. The third kappa shape index (κ3) is 3.22. The van der Waals surface area contributed by atoms with E-state index in [-0.39, 0.29) is 24.2 Å². The van der Waals surface area contributed by atoms with Gasteiger partial charge in [0.25, 0.3) is 11.6 Å². The third-order valence-electron chi connectivity index (χ3n) is 4.89. The van der Waals surface area contributed by atoms with E-state index in [4.69, 9.17) is 4.74 Å². The van der Waals surface area contributed by atoms with Gasteiger partial charge in [-0.15, -0.1) is 0 Å². The molecule has 2 aliphatic heterocycles. The molecule has 0 spiro atoms. The van der Waals surface area contributed by atoms with Crippen LogP contribution in [-0.2, 0) is 16.1 Å². The lowest BCUT2D eigenvalue weighted by atomic mass is 10.1. The first-order valence-electron chi connectivity index (χ1n) is 8.61. The molecular weight excluding hydrogens is 340 g/mol. The highest BCUT2D eigenvalue weighted by Gasteiger charge is 2.45. The van der Waals surface area contributed by atoms with Gasteiger partial charge in [-0.25, -0.2) is 14.8 Å². The Bertz CT molecular complexity index is 708. The van der Waals surface area contributed by atoms with Crippen LogP contribution < -0.4 is 0 Å². The topological polar surface area (TPSA) is 96.2 Å². The van der Waals surface area contributed by atoms with Crippen LogP contribution in [0.5, 0.6) is 0 Å². The fourth-order valence-electron chi connectivity index (χ4n) is 3.40. The number of benzene rings is 1. The molecule has 0 radical (unpaired) electrons. The number of methoxy groups -OCH3 is 1. The molecule has 2 aliphatic rings. The zero-order valence-electron chi connectivity index (χ0n) is 14.8. The summed E-state index contributed by atoms with van der Waals surface area (Å²) in [6.45, 7) is 2.38. The number of ether oxygens (including phenoxy) is 1. The lowest BCUT2D eigenvalue weighted by Gasteiger charge is -2.47. The first-order valence-corrected chi connectivity index (χ1v) is 8.61. The second-order valence-corrected chi connectivity index (χ2v) is 6.50. The van der Waals surface area contributed by atoms with E-state index in [1.165, 1.54) is 27.1 Å². The number of amides is 3. The minimum atomic E-state index is -0.635. The Hall–Kier alpha value is -2.68. The quantitative estimate of drug-likeness (QED) is 0.604. The number of fused-ring (bicyclic) bond motifs is 1. The molecule has 26 heavy (non-hydrogen) atoms. The second kappa shape index (κ2) is 7.28. The lowest BCUT2D eigenvalue weighted by Crippen LogP contribution is -2.67. The van der Waals surface area contributed by atoms with Crippen LogP contribution in [0.2, 0.25) is 0 Å². The SMILES string of the molecule is CO[C@H]1CCCCN2C(=O)N(Cc3ccc([N+](=O)[O-])cc3)[C@@H](C)C(=O)N12. The molecule has 2 heterocycles. The molecule has 0 unspecified atom stereocenters. The fourth-order valence-corrected chi connectivity index (χ4v) is 3.40. The van der Waals surface area contributed by atoms with Crippen LogP contribution in [0.1, 0.15) is 31.7 Å². The molecule has 0 bridgehead atoms. The van der Waals surface area contributed by atoms with Crippen LogP contribution in [-0.4, -0.2) is 57.7 Å². The summed E-state index contributed by atoms with van der Waals surface area (Å²) in [4.78, 5) is 37.7. The number of non-ortho nitro benzene ring substituents is 1. The smallest absolute Gasteiger partial charge is 0.339 e. The highest BCUT2D eigenvalue weighted by molar-refractivity contribution is 5.92. The summed E-state index contributed by atoms with van der Waals surface area (Å²) in [7, 11) is 1.54. The Morgan fingerprint density at radius 3 is 2.54 bits per heavy atom. The van der Waals surface area contributed by atoms with E-state index in [1.807, 2.05) is 0 Å². The summed E-state index contributed by atoms with van der Waals surface area (Å²) in [6.07, 6.45) is 1.94. The Labute approximate surface area is 151 Å². The van der Waals surface area contributed by atoms with Gasteiger partial charge in [-0.05, 0) is 31.7 Å². The first-order chi connectivity index (χ1) is 12.4. The predicted molar refractivity (Wildman–Crippen MR) is 91.7 cm³/mol. The molecule has 2 fully saturated rings. The van der Waals surface area contributed by atoms with Crippen molar-refractivity contribution >= 4 is 17.6 Å². The number of hydrazine groups is 1. The van der Waals surface area contributed by atoms with E-state index < -0.39 is 17.2 Å². The monoisotopic (exact) mass is 362 g/mol. The zero-order chi connectivity index (χ0) is 18.8. The minimum absolute atomic E-state index is 0.00975. The van der Waals surface area contributed by atoms with Crippen molar-refractivity contribution in [2.75, 3.05) is 13.7 Å². The summed E-state index contributed by atoms with van der Waals surface area (Å²) >= 11 is 0. The van der Waals surface area contributed by atoms with E-state index in [1.54, 1.807) is 26.2 Å². The van der Waals surface area contributed by atoms with Gasteiger partial charge in [0.1, 0.15) is 6.04 Å². The highest BCUT2D eigenvalue weighted by Crippen LogP contribution is 2.27. The summed E-state index contributed by atoms with van der Waals surface area (Å²) in [5, 5.41) is 13.7. The molecule has 1 aromatic carbocycles. The predicted octanol–water partition coefficient (Wildman–Crippen LogP) is 2.12. The molecule has 0 saturated carbocycles. The number of nitro benzene ring substituents is 1. The minimum Gasteiger partial charge on any atom is -0.360 e. The standard InChI is InChI=1S/C17H22N4O5/c1-12-16(22)20-15(26-2)5-3-4-10-19(20)17(23)18(12)11-13-6-8-14(9-7-13)21(24)25/h6-9,12,15H,3-5,10-11H2,1-2H3/t12-,15-/m0/s1. The van der Waals surface area contributed by atoms with Crippen LogP contribution in [0.3, 0.4) is 0 Å². The molecule has 3 amide bonds. The van der Waals surface area contributed by atoms with E-state index >= 15 is 0 Å². The number of carbonyl (C=O) groups is 2. The average Bonchev–Trinajstić information content (AvgIpc) is 2.86. The number of nitro groups is 1. The molecule has 2 atom stereocenters. The van der Waals surface area contributed by atoms with Crippen molar-refractivity contribution < 1.29 is 19.2 Å². The van der Waals surface area contributed by atoms with E-state index in [0.717, 1.165) is 18.4 Å². The maximum absolute atomic E-state index is 13.0. The summed E-state index contributed by atoms with van der Waals surface area (Å²) in [5.74, 6) is -0.180. The Balaban J connectivity index is 1.83. The van der Waals surface area contributed by atoms with E-state index in [2.05, 4.69) is 0 Å². The van der Waals surface area contributed by atoms with Gasteiger partial charge < -0.3 is 9.64 Å². The summed E-state index contributed by atoms with van der Waals surface area (Å²) < 4.78 is 5.43. The highest BCUT2D eigenvalue weighted by atomic mass is 16.6. The van der Waals surface area contributed by atoms with Gasteiger partial charge in [-0.3, -0.25) is 14.9 Å². The van der Waals surface area contributed by atoms with Crippen LogP contribution in [0, 0.1) is 10.1 Å². The molecule has 2 saturated heterocycles. The number of rotatable bonds is 4. The van der Waals surface area contributed by atoms with Gasteiger partial charge in [0, 0.05) is 32.3 Å². The summed E-state index contributed by atoms with van der Waals surface area (Å²) in [6, 6.07) is 5.12. The maximum Gasteiger partial charge on any atom is 0.339 e. The largest absolute Gasteiger partial charge is 0.360 e. The van der Waals surface area contributed by atoms with Crippen molar-refractivity contribution in [3.63, 3.8) is 0 Å². The molecule has 1 aromatic rings. The Kier molecular flexibility index (Phi) is 5.08. The zero-order valence-corrected chi connectivity index (χ0v) is 14.8. The van der Waals surface area contributed by atoms with Crippen molar-refractivity contribution in [1.82, 2.24) is 14.9 Å². The second-order valence-electron chi connectivity index (χ2n) is 6.50. The molecule has 140 valence electrons. The van der Waals surface area contributed by atoms with Gasteiger partial charge in [0.2, 0.25) is 0 Å². The molecule has 9 heteroatoms. The van der Waals surface area contributed by atoms with Crippen LogP contribution in [0.15, 0.2) is 24.3 Å². The number of nitrogens with zero attached hydrogens (tertiary/aromatic N) is 4. The van der Waals surface area contributed by atoms with E-state index in [0.29, 0.717) is 13.0 Å². The molecule has 0 aliphatic carbocycles. The molecule has 0 aromatic heterocycles. The molecule has 0 N–H and O–H groups in total. The van der Waals surface area contributed by atoms with E-state index in [9.17, 15) is 19.7 Å². The number of urea groups is 1. The Morgan fingerprint density at radius 1 is 1.23 bits per heavy atom. The third-order valence-corrected chi connectivity index (χ3v) is 4.89. The van der Waals surface area contributed by atoms with Crippen molar-refractivity contribution in [3.8, 4) is 0 Å². The fraction of sp³-hybridized carbons (Fsp3) is 0.529. The van der Waals surface area contributed by atoms with Crippen molar-refractivity contribution in [1.29, 1.82) is 0 Å². The van der Waals surface area contributed by atoms with Gasteiger partial charge in [-0.2, -0.15) is 0 Å². The number of carbonyl (C=O) groups excluding carboxylic acids is 2. The van der Waals surface area contributed by atoms with Gasteiger partial charge in [-0.1, -0.05) is 12.1 Å². The van der Waals surface area contributed by atoms with Crippen LogP contribution in [0.4, 0.5) is 10.5 Å². The number of hydrogen-bond acceptors (Lipinski definition) is 5. The van der Waals surface area contributed by atoms with Crippen molar-refractivity contribution in [2.24, 2.45) is 0 Å². The van der Waals surface area contributed by atoms with Gasteiger partial charge >= 0.3 is 6.03 Å². The molecular formula is C17H22N4O5. The first kappa shape index (κ1) is 18.1. The van der Waals surface area contributed by atoms with Crippen molar-refractivity contribution in [3.05, 3.63) is 39.9 Å². The molecule has 9 nitrogen and oxygen atoms in total. The van der Waals surface area contributed by atoms with Crippen LogP contribution >= 0.6 is 0 Å².